The van der Waals surface area contributed by atoms with Crippen LogP contribution in [0.3, 0.4) is 0 Å². The number of aliphatic carboxylic acids is 1. The van der Waals surface area contributed by atoms with E-state index in [2.05, 4.69) is 15.3 Å². The van der Waals surface area contributed by atoms with Crippen molar-refractivity contribution in [1.82, 2.24) is 4.98 Å². The van der Waals surface area contributed by atoms with Crippen molar-refractivity contribution < 1.29 is 19.5 Å². The zero-order valence-electron chi connectivity index (χ0n) is 18.5. The number of nitrogens with zero attached hydrogens (tertiary/aromatic N) is 2. The molecule has 2 aliphatic carbocycles. The zero-order valence-corrected chi connectivity index (χ0v) is 20.0. The van der Waals surface area contributed by atoms with Crippen LogP contribution in [0.4, 0.5) is 5.69 Å². The van der Waals surface area contributed by atoms with Gasteiger partial charge in [0.1, 0.15) is 5.78 Å². The van der Waals surface area contributed by atoms with E-state index in [0.717, 1.165) is 49.8 Å². The summed E-state index contributed by atoms with van der Waals surface area (Å²) in [6.07, 6.45) is 8.85. The largest absolute Gasteiger partial charge is 0.480 e. The Balaban J connectivity index is 1.46. The number of hydrogen-bond acceptors (Lipinski definition) is 5. The average Bonchev–Trinajstić information content (AvgIpc) is 3.08. The molecule has 1 amide bonds. The predicted octanol–water partition coefficient (Wildman–Crippen LogP) is 5.39. The Labute approximate surface area is 207 Å². The van der Waals surface area contributed by atoms with Crippen molar-refractivity contribution in [2.75, 3.05) is 5.32 Å². The van der Waals surface area contributed by atoms with E-state index >= 15 is 0 Å². The SMILES string of the molecule is O=C(Nc1ccc(C[C@H](N=C2CC(=O)C23CCCCCC3)C(=O)O)cc1)c1c(Cl)cncc1Cl. The van der Waals surface area contributed by atoms with E-state index in [4.69, 9.17) is 23.2 Å². The molecule has 0 bridgehead atoms. The van der Waals surface area contributed by atoms with Crippen molar-refractivity contribution in [3.8, 4) is 0 Å². The number of hydrogen-bond donors (Lipinski definition) is 2. The smallest absolute Gasteiger partial charge is 0.328 e. The summed E-state index contributed by atoms with van der Waals surface area (Å²) in [5.74, 6) is -1.29. The highest BCUT2D eigenvalue weighted by atomic mass is 35.5. The van der Waals surface area contributed by atoms with Crippen LogP contribution in [-0.2, 0) is 16.0 Å². The van der Waals surface area contributed by atoms with Gasteiger partial charge in [0.2, 0.25) is 0 Å². The van der Waals surface area contributed by atoms with E-state index < -0.39 is 23.3 Å². The van der Waals surface area contributed by atoms with Gasteiger partial charge in [-0.1, -0.05) is 61.0 Å². The Morgan fingerprint density at radius 3 is 2.24 bits per heavy atom. The molecule has 34 heavy (non-hydrogen) atoms. The Morgan fingerprint density at radius 1 is 1.06 bits per heavy atom. The molecule has 178 valence electrons. The van der Waals surface area contributed by atoms with Crippen LogP contribution in [0.1, 0.15) is 60.9 Å². The van der Waals surface area contributed by atoms with Gasteiger partial charge in [-0.25, -0.2) is 4.79 Å². The third kappa shape index (κ3) is 5.00. The van der Waals surface area contributed by atoms with Crippen LogP contribution in [0.2, 0.25) is 10.0 Å². The highest BCUT2D eigenvalue weighted by Crippen LogP contribution is 2.46. The number of pyridine rings is 1. The number of carboxylic acid groups (broad SMARTS) is 1. The molecule has 1 aromatic carbocycles. The number of nitrogens with one attached hydrogen (secondary N) is 1. The molecule has 0 unspecified atom stereocenters. The van der Waals surface area contributed by atoms with E-state index in [1.165, 1.54) is 12.4 Å². The highest BCUT2D eigenvalue weighted by molar-refractivity contribution is 6.40. The number of carbonyl (C=O) groups is 3. The molecule has 1 heterocycles. The third-order valence-electron chi connectivity index (χ3n) is 6.69. The molecule has 0 radical (unpaired) electrons. The first kappa shape index (κ1) is 24.4. The van der Waals surface area contributed by atoms with Gasteiger partial charge in [-0.2, -0.15) is 0 Å². The van der Waals surface area contributed by atoms with E-state index in [-0.39, 0.29) is 34.2 Å². The first-order valence-electron chi connectivity index (χ1n) is 11.3. The van der Waals surface area contributed by atoms with E-state index in [1.807, 2.05) is 0 Å². The average molecular weight is 502 g/mol. The lowest BCUT2D eigenvalue weighted by atomic mass is 9.61. The van der Waals surface area contributed by atoms with Gasteiger partial charge in [-0.15, -0.1) is 0 Å². The molecule has 1 atom stereocenters. The van der Waals surface area contributed by atoms with Gasteiger partial charge in [-0.3, -0.25) is 19.6 Å². The van der Waals surface area contributed by atoms with Crippen LogP contribution in [0.5, 0.6) is 0 Å². The summed E-state index contributed by atoms with van der Waals surface area (Å²) in [6.45, 7) is 0. The van der Waals surface area contributed by atoms with E-state index in [0.29, 0.717) is 5.69 Å². The van der Waals surface area contributed by atoms with Gasteiger partial charge in [0.15, 0.2) is 6.04 Å². The minimum absolute atomic E-state index is 0.131. The quantitative estimate of drug-likeness (QED) is 0.551. The summed E-state index contributed by atoms with van der Waals surface area (Å²) in [7, 11) is 0. The highest BCUT2D eigenvalue weighted by Gasteiger charge is 2.51. The number of carboxylic acids is 1. The van der Waals surface area contributed by atoms with Crippen molar-refractivity contribution in [3.05, 3.63) is 57.8 Å². The number of benzene rings is 1. The molecule has 1 spiro atoms. The molecule has 2 saturated carbocycles. The maximum Gasteiger partial charge on any atom is 0.328 e. The fraction of sp³-hybridized carbons (Fsp3) is 0.400. The fourth-order valence-corrected chi connectivity index (χ4v) is 5.30. The van der Waals surface area contributed by atoms with Crippen LogP contribution in [0, 0.1) is 5.41 Å². The second kappa shape index (κ2) is 10.2. The Hall–Kier alpha value is -2.77. The van der Waals surface area contributed by atoms with Gasteiger partial charge in [0.25, 0.3) is 5.91 Å². The number of rotatable bonds is 6. The number of aromatic nitrogens is 1. The van der Waals surface area contributed by atoms with Gasteiger partial charge in [-0.05, 0) is 30.5 Å². The molecule has 0 aliphatic heterocycles. The second-order valence-electron chi connectivity index (χ2n) is 8.86. The molecule has 9 heteroatoms. The number of Topliss-reactive ketones (excluding diaryl/α,β-unsaturated/α-hetero) is 1. The topological polar surface area (TPSA) is 109 Å². The standard InChI is InChI=1S/C25H25Cl2N3O4/c26-17-13-28-14-18(27)22(17)23(32)29-16-7-5-15(6-8-16)11-19(24(33)34)30-20-12-21(31)25(20)9-3-1-2-4-10-25/h5-8,13-14,19H,1-4,9-12H2,(H,29,32)(H,33,34)/t19-/m0/s1. The Kier molecular flexibility index (Phi) is 7.33. The van der Waals surface area contributed by atoms with Crippen LogP contribution in [-0.4, -0.2) is 39.5 Å². The van der Waals surface area contributed by atoms with Crippen molar-refractivity contribution in [3.63, 3.8) is 0 Å². The normalized spacial score (nSPS) is 19.4. The number of carbonyl (C=O) groups excluding carboxylic acids is 2. The molecular weight excluding hydrogens is 477 g/mol. The monoisotopic (exact) mass is 501 g/mol. The van der Waals surface area contributed by atoms with Crippen LogP contribution in [0.25, 0.3) is 0 Å². The lowest BCUT2D eigenvalue weighted by Crippen LogP contribution is -2.51. The summed E-state index contributed by atoms with van der Waals surface area (Å²) >= 11 is 12.1. The van der Waals surface area contributed by atoms with Crippen molar-refractivity contribution in [2.45, 2.75) is 57.4 Å². The first-order chi connectivity index (χ1) is 16.3. The molecular formula is C25H25Cl2N3O4. The van der Waals surface area contributed by atoms with Crippen molar-refractivity contribution >= 4 is 52.3 Å². The number of aliphatic imine (C=N–C) groups is 1. The summed E-state index contributed by atoms with van der Waals surface area (Å²) < 4.78 is 0. The summed E-state index contributed by atoms with van der Waals surface area (Å²) in [6, 6.07) is 5.89. The van der Waals surface area contributed by atoms with Crippen LogP contribution in [0.15, 0.2) is 41.7 Å². The summed E-state index contributed by atoms with van der Waals surface area (Å²) in [5, 5.41) is 12.8. The number of halogens is 2. The lowest BCUT2D eigenvalue weighted by Gasteiger charge is -2.41. The first-order valence-corrected chi connectivity index (χ1v) is 12.1. The van der Waals surface area contributed by atoms with Gasteiger partial charge < -0.3 is 10.4 Å². The summed E-state index contributed by atoms with van der Waals surface area (Å²) in [5.41, 5.74) is 1.62. The fourth-order valence-electron chi connectivity index (χ4n) is 4.76. The maximum atomic E-state index is 12.5. The number of anilines is 1. The maximum absolute atomic E-state index is 12.5. The molecule has 4 rings (SSSR count). The van der Waals surface area contributed by atoms with Gasteiger partial charge in [0, 0.05) is 36.6 Å². The van der Waals surface area contributed by atoms with Crippen molar-refractivity contribution in [2.24, 2.45) is 10.4 Å². The Morgan fingerprint density at radius 2 is 1.68 bits per heavy atom. The third-order valence-corrected chi connectivity index (χ3v) is 7.26. The van der Waals surface area contributed by atoms with Gasteiger partial charge in [0.05, 0.1) is 21.0 Å². The second-order valence-corrected chi connectivity index (χ2v) is 9.67. The van der Waals surface area contributed by atoms with Crippen molar-refractivity contribution in [1.29, 1.82) is 0 Å². The van der Waals surface area contributed by atoms with Crippen LogP contribution >= 0.6 is 23.2 Å². The molecule has 2 aliphatic rings. The van der Waals surface area contributed by atoms with Gasteiger partial charge >= 0.3 is 5.97 Å². The van der Waals surface area contributed by atoms with E-state index in [1.54, 1.807) is 24.3 Å². The molecule has 2 fully saturated rings. The molecule has 7 nitrogen and oxygen atoms in total. The summed E-state index contributed by atoms with van der Waals surface area (Å²) in [4.78, 5) is 45.4. The minimum atomic E-state index is -1.02. The molecule has 1 aromatic heterocycles. The lowest BCUT2D eigenvalue weighted by molar-refractivity contribution is -0.138. The number of ketones is 1. The van der Waals surface area contributed by atoms with E-state index in [9.17, 15) is 19.5 Å². The zero-order chi connectivity index (χ0) is 24.3. The van der Waals surface area contributed by atoms with Crippen LogP contribution < -0.4 is 5.32 Å². The predicted molar refractivity (Wildman–Crippen MR) is 131 cm³/mol. The molecule has 2 aromatic rings. The Bertz CT molecular complexity index is 1120. The number of amides is 1. The molecule has 2 N–H and O–H groups in total. The minimum Gasteiger partial charge on any atom is -0.480 e. The molecule has 0 saturated heterocycles.